The van der Waals surface area contributed by atoms with Gasteiger partial charge in [-0.1, -0.05) is 16.9 Å². The molecule has 1 saturated heterocycles. The molecule has 3 heterocycles. The standard InChI is InChI=1S/C13H16N4O3S/c1-9-7-10(16-20-9)12-14-15-13(19-12)21-8-11(18)17-5-3-2-4-6-17/h7H,2-6,8H2,1H3. The summed E-state index contributed by atoms with van der Waals surface area (Å²) in [5.41, 5.74) is 0.509. The first-order chi connectivity index (χ1) is 10.2. The van der Waals surface area contributed by atoms with Crippen LogP contribution in [0.2, 0.25) is 0 Å². The van der Waals surface area contributed by atoms with Crippen LogP contribution in [0.15, 0.2) is 20.2 Å². The Balaban J connectivity index is 1.56. The summed E-state index contributed by atoms with van der Waals surface area (Å²) in [6.07, 6.45) is 3.39. The predicted molar refractivity (Wildman–Crippen MR) is 75.7 cm³/mol. The molecule has 2 aromatic heterocycles. The van der Waals surface area contributed by atoms with E-state index in [2.05, 4.69) is 15.4 Å². The van der Waals surface area contributed by atoms with Crippen molar-refractivity contribution < 1.29 is 13.7 Å². The molecule has 0 aliphatic carbocycles. The Morgan fingerprint density at radius 2 is 2.14 bits per heavy atom. The van der Waals surface area contributed by atoms with Crippen LogP contribution in [0.3, 0.4) is 0 Å². The van der Waals surface area contributed by atoms with Gasteiger partial charge in [0.2, 0.25) is 5.91 Å². The van der Waals surface area contributed by atoms with Crippen LogP contribution in [-0.2, 0) is 4.79 Å². The molecule has 3 rings (SSSR count). The highest BCUT2D eigenvalue weighted by molar-refractivity contribution is 7.99. The number of aromatic nitrogens is 3. The fourth-order valence-corrected chi connectivity index (χ4v) is 2.86. The average molecular weight is 308 g/mol. The molecule has 0 atom stereocenters. The van der Waals surface area contributed by atoms with Gasteiger partial charge >= 0.3 is 0 Å². The second kappa shape index (κ2) is 6.30. The molecule has 1 fully saturated rings. The smallest absolute Gasteiger partial charge is 0.277 e. The zero-order valence-corrected chi connectivity index (χ0v) is 12.6. The van der Waals surface area contributed by atoms with E-state index < -0.39 is 0 Å². The molecule has 0 aromatic carbocycles. The van der Waals surface area contributed by atoms with Gasteiger partial charge in [-0.15, -0.1) is 10.2 Å². The Labute approximate surface area is 126 Å². The first-order valence-corrected chi connectivity index (χ1v) is 7.89. The van der Waals surface area contributed by atoms with Gasteiger partial charge in [0, 0.05) is 19.2 Å². The Hall–Kier alpha value is -1.83. The van der Waals surface area contributed by atoms with Gasteiger partial charge in [-0.05, 0) is 26.2 Å². The van der Waals surface area contributed by atoms with Crippen LogP contribution in [0, 0.1) is 6.92 Å². The predicted octanol–water partition coefficient (Wildman–Crippen LogP) is 2.14. The van der Waals surface area contributed by atoms with Crippen molar-refractivity contribution in [2.45, 2.75) is 31.4 Å². The Morgan fingerprint density at radius 1 is 1.33 bits per heavy atom. The van der Waals surface area contributed by atoms with Crippen molar-refractivity contribution in [1.82, 2.24) is 20.3 Å². The Kier molecular flexibility index (Phi) is 4.23. The van der Waals surface area contributed by atoms with E-state index >= 15 is 0 Å². The number of thioether (sulfide) groups is 1. The van der Waals surface area contributed by atoms with Crippen LogP contribution in [-0.4, -0.2) is 45.0 Å². The average Bonchev–Trinajstić information content (AvgIpc) is 3.14. The van der Waals surface area contributed by atoms with Crippen molar-refractivity contribution in [2.75, 3.05) is 18.8 Å². The Morgan fingerprint density at radius 3 is 2.86 bits per heavy atom. The zero-order chi connectivity index (χ0) is 14.7. The van der Waals surface area contributed by atoms with E-state index in [1.165, 1.54) is 18.2 Å². The fourth-order valence-electron chi connectivity index (χ4n) is 2.20. The normalized spacial score (nSPS) is 15.4. The van der Waals surface area contributed by atoms with Gasteiger partial charge in [0.1, 0.15) is 5.76 Å². The van der Waals surface area contributed by atoms with Crippen LogP contribution in [0.5, 0.6) is 0 Å². The molecule has 0 saturated carbocycles. The molecule has 7 nitrogen and oxygen atoms in total. The van der Waals surface area contributed by atoms with Gasteiger partial charge in [-0.2, -0.15) is 0 Å². The highest BCUT2D eigenvalue weighted by atomic mass is 32.2. The summed E-state index contributed by atoms with van der Waals surface area (Å²) >= 11 is 1.25. The SMILES string of the molecule is Cc1cc(-c2nnc(SCC(=O)N3CCCCC3)o2)no1. The van der Waals surface area contributed by atoms with Gasteiger partial charge < -0.3 is 13.8 Å². The molecule has 112 valence electrons. The van der Waals surface area contributed by atoms with Crippen molar-refractivity contribution >= 4 is 17.7 Å². The third-order valence-corrected chi connectivity index (χ3v) is 4.08. The summed E-state index contributed by atoms with van der Waals surface area (Å²) in [4.78, 5) is 13.9. The van der Waals surface area contributed by atoms with Crippen molar-refractivity contribution in [1.29, 1.82) is 0 Å². The van der Waals surface area contributed by atoms with E-state index in [-0.39, 0.29) is 5.91 Å². The molecule has 1 aliphatic heterocycles. The summed E-state index contributed by atoms with van der Waals surface area (Å²) in [7, 11) is 0. The largest absolute Gasteiger partial charge is 0.409 e. The number of carbonyl (C=O) groups is 1. The number of nitrogens with zero attached hydrogens (tertiary/aromatic N) is 4. The van der Waals surface area contributed by atoms with Crippen LogP contribution in [0.1, 0.15) is 25.0 Å². The number of aryl methyl sites for hydroxylation is 1. The van der Waals surface area contributed by atoms with Crippen molar-refractivity contribution in [3.63, 3.8) is 0 Å². The maximum Gasteiger partial charge on any atom is 0.277 e. The molecular weight excluding hydrogens is 292 g/mol. The number of likely N-dealkylation sites (tertiary alicyclic amines) is 1. The minimum Gasteiger partial charge on any atom is -0.409 e. The molecule has 8 heteroatoms. The lowest BCUT2D eigenvalue weighted by atomic mass is 10.1. The summed E-state index contributed by atoms with van der Waals surface area (Å²) in [6.45, 7) is 3.50. The third kappa shape index (κ3) is 3.44. The maximum absolute atomic E-state index is 12.0. The second-order valence-electron chi connectivity index (χ2n) is 4.93. The lowest BCUT2D eigenvalue weighted by Gasteiger charge is -2.26. The quantitative estimate of drug-likeness (QED) is 0.800. The second-order valence-corrected chi connectivity index (χ2v) is 5.85. The molecule has 1 aliphatic rings. The van der Waals surface area contributed by atoms with Crippen molar-refractivity contribution in [3.05, 3.63) is 11.8 Å². The van der Waals surface area contributed by atoms with E-state index in [0.29, 0.717) is 28.3 Å². The molecule has 2 aromatic rings. The Bertz CT molecular complexity index is 618. The van der Waals surface area contributed by atoms with Gasteiger partial charge in [0.05, 0.1) is 5.75 Å². The fraction of sp³-hybridized carbons (Fsp3) is 0.538. The lowest BCUT2D eigenvalue weighted by Crippen LogP contribution is -2.36. The molecule has 0 N–H and O–H groups in total. The van der Waals surface area contributed by atoms with E-state index in [1.54, 1.807) is 13.0 Å². The van der Waals surface area contributed by atoms with E-state index in [0.717, 1.165) is 25.9 Å². The van der Waals surface area contributed by atoms with E-state index in [1.807, 2.05) is 4.90 Å². The van der Waals surface area contributed by atoms with Gasteiger partial charge in [-0.3, -0.25) is 4.79 Å². The molecular formula is C13H16N4O3S. The molecule has 0 spiro atoms. The summed E-state index contributed by atoms with van der Waals surface area (Å²) < 4.78 is 10.4. The molecule has 0 bridgehead atoms. The topological polar surface area (TPSA) is 85.3 Å². The maximum atomic E-state index is 12.0. The minimum atomic E-state index is 0.122. The van der Waals surface area contributed by atoms with Gasteiger partial charge in [-0.25, -0.2) is 0 Å². The van der Waals surface area contributed by atoms with E-state index in [4.69, 9.17) is 8.94 Å². The van der Waals surface area contributed by atoms with E-state index in [9.17, 15) is 4.79 Å². The summed E-state index contributed by atoms with van der Waals surface area (Å²) in [6, 6.07) is 1.72. The highest BCUT2D eigenvalue weighted by Gasteiger charge is 2.18. The summed E-state index contributed by atoms with van der Waals surface area (Å²) in [5.74, 6) is 1.42. The summed E-state index contributed by atoms with van der Waals surface area (Å²) in [5, 5.41) is 12.0. The number of rotatable bonds is 4. The number of carbonyl (C=O) groups excluding carboxylic acids is 1. The number of hydrogen-bond acceptors (Lipinski definition) is 7. The monoisotopic (exact) mass is 308 g/mol. The molecule has 21 heavy (non-hydrogen) atoms. The zero-order valence-electron chi connectivity index (χ0n) is 11.7. The van der Waals surface area contributed by atoms with Crippen molar-refractivity contribution in [3.8, 4) is 11.6 Å². The van der Waals surface area contributed by atoms with Crippen LogP contribution >= 0.6 is 11.8 Å². The number of piperidine rings is 1. The van der Waals surface area contributed by atoms with Crippen LogP contribution < -0.4 is 0 Å². The van der Waals surface area contributed by atoms with Crippen LogP contribution in [0.4, 0.5) is 0 Å². The van der Waals surface area contributed by atoms with Crippen molar-refractivity contribution in [2.24, 2.45) is 0 Å². The third-order valence-electron chi connectivity index (χ3n) is 3.28. The van der Waals surface area contributed by atoms with Gasteiger partial charge in [0.25, 0.3) is 11.1 Å². The molecule has 0 unspecified atom stereocenters. The molecule has 0 radical (unpaired) electrons. The van der Waals surface area contributed by atoms with Crippen LogP contribution in [0.25, 0.3) is 11.6 Å². The first-order valence-electron chi connectivity index (χ1n) is 6.90. The number of hydrogen-bond donors (Lipinski definition) is 0. The van der Waals surface area contributed by atoms with Gasteiger partial charge in [0.15, 0.2) is 5.69 Å². The first kappa shape index (κ1) is 14.1. The molecule has 1 amide bonds. The minimum absolute atomic E-state index is 0.122. The number of amides is 1. The highest BCUT2D eigenvalue weighted by Crippen LogP contribution is 2.23. The lowest BCUT2D eigenvalue weighted by molar-refractivity contribution is -0.129.